The highest BCUT2D eigenvalue weighted by molar-refractivity contribution is 7.18. The van der Waals surface area contributed by atoms with Crippen LogP contribution < -0.4 is 5.32 Å². The molecule has 2 N–H and O–H groups in total. The van der Waals surface area contributed by atoms with Gasteiger partial charge in [0.15, 0.2) is 0 Å². The summed E-state index contributed by atoms with van der Waals surface area (Å²) in [6.07, 6.45) is 0.749. The SMILES string of the molecule is O=C(O)c1ccc(NC(=O)C2Cc3ccccc32)s1. The molecule has 4 nitrogen and oxygen atoms in total. The molecule has 0 saturated carbocycles. The Kier molecular flexibility index (Phi) is 2.83. The molecule has 0 radical (unpaired) electrons. The molecule has 0 spiro atoms. The third-order valence-corrected chi connectivity index (χ3v) is 4.22. The first-order valence-electron chi connectivity index (χ1n) is 5.87. The minimum absolute atomic E-state index is 0.0718. The van der Waals surface area contributed by atoms with Crippen LogP contribution in [-0.4, -0.2) is 17.0 Å². The van der Waals surface area contributed by atoms with Crippen molar-refractivity contribution in [2.75, 3.05) is 5.32 Å². The normalized spacial score (nSPS) is 16.3. The molecule has 1 aromatic carbocycles. The van der Waals surface area contributed by atoms with Crippen molar-refractivity contribution in [1.82, 2.24) is 0 Å². The Morgan fingerprint density at radius 2 is 2.00 bits per heavy atom. The monoisotopic (exact) mass is 273 g/mol. The van der Waals surface area contributed by atoms with Crippen LogP contribution in [0, 0.1) is 0 Å². The Bertz CT molecular complexity index is 662. The lowest BCUT2D eigenvalue weighted by Gasteiger charge is -2.28. The maximum absolute atomic E-state index is 12.1. The number of carbonyl (C=O) groups is 2. The van der Waals surface area contributed by atoms with Gasteiger partial charge in [-0.05, 0) is 29.7 Å². The van der Waals surface area contributed by atoms with E-state index in [1.807, 2.05) is 24.3 Å². The zero-order valence-corrected chi connectivity index (χ0v) is 10.7. The number of aromatic carboxylic acids is 1. The molecule has 3 rings (SSSR count). The molecule has 1 aromatic heterocycles. The van der Waals surface area contributed by atoms with E-state index in [1.54, 1.807) is 6.07 Å². The van der Waals surface area contributed by atoms with Crippen LogP contribution in [0.25, 0.3) is 0 Å². The topological polar surface area (TPSA) is 66.4 Å². The second-order valence-electron chi connectivity index (χ2n) is 4.41. The van der Waals surface area contributed by atoms with Gasteiger partial charge >= 0.3 is 5.97 Å². The molecule has 96 valence electrons. The first-order valence-corrected chi connectivity index (χ1v) is 6.68. The number of thiophene rings is 1. The number of fused-ring (bicyclic) bond motifs is 1. The van der Waals surface area contributed by atoms with Crippen molar-refractivity contribution in [2.45, 2.75) is 12.3 Å². The summed E-state index contributed by atoms with van der Waals surface area (Å²) in [6.45, 7) is 0. The average Bonchev–Trinajstić information content (AvgIpc) is 2.79. The third-order valence-electron chi connectivity index (χ3n) is 3.23. The molecule has 5 heteroatoms. The number of hydrogen-bond acceptors (Lipinski definition) is 3. The summed E-state index contributed by atoms with van der Waals surface area (Å²) in [5.74, 6) is -1.16. The van der Waals surface area contributed by atoms with Crippen molar-refractivity contribution in [1.29, 1.82) is 0 Å². The zero-order valence-electron chi connectivity index (χ0n) is 9.92. The molecule has 1 unspecified atom stereocenters. The van der Waals surface area contributed by atoms with Crippen molar-refractivity contribution in [3.8, 4) is 0 Å². The molecular formula is C14H11NO3S. The van der Waals surface area contributed by atoms with E-state index in [4.69, 9.17) is 5.11 Å². The van der Waals surface area contributed by atoms with Gasteiger partial charge in [0, 0.05) is 0 Å². The van der Waals surface area contributed by atoms with E-state index in [9.17, 15) is 9.59 Å². The zero-order chi connectivity index (χ0) is 13.4. The lowest BCUT2D eigenvalue weighted by atomic mass is 9.77. The molecule has 0 saturated heterocycles. The van der Waals surface area contributed by atoms with Gasteiger partial charge in [-0.25, -0.2) is 4.79 Å². The Labute approximate surface area is 113 Å². The number of carboxylic acid groups (broad SMARTS) is 1. The minimum atomic E-state index is -0.973. The number of rotatable bonds is 3. The molecule has 1 aliphatic rings. The van der Waals surface area contributed by atoms with Crippen LogP contribution in [-0.2, 0) is 11.2 Å². The van der Waals surface area contributed by atoms with Gasteiger partial charge in [0.25, 0.3) is 0 Å². The van der Waals surface area contributed by atoms with Crippen molar-refractivity contribution in [2.24, 2.45) is 0 Å². The fourth-order valence-electron chi connectivity index (χ4n) is 2.22. The molecule has 1 amide bonds. The summed E-state index contributed by atoms with van der Waals surface area (Å²) in [5, 5.41) is 12.2. The van der Waals surface area contributed by atoms with E-state index in [-0.39, 0.29) is 16.7 Å². The van der Waals surface area contributed by atoms with Gasteiger partial charge in [-0.1, -0.05) is 24.3 Å². The fourth-order valence-corrected chi connectivity index (χ4v) is 2.97. The number of amides is 1. The predicted octanol–water partition coefficient (Wildman–Crippen LogP) is 2.72. The van der Waals surface area contributed by atoms with E-state index in [0.717, 1.165) is 23.3 Å². The van der Waals surface area contributed by atoms with Crippen molar-refractivity contribution in [3.05, 3.63) is 52.4 Å². The number of benzene rings is 1. The van der Waals surface area contributed by atoms with E-state index in [1.165, 1.54) is 11.6 Å². The first kappa shape index (κ1) is 11.9. The van der Waals surface area contributed by atoms with Gasteiger partial charge in [0.1, 0.15) is 4.88 Å². The smallest absolute Gasteiger partial charge is 0.345 e. The largest absolute Gasteiger partial charge is 0.477 e. The summed E-state index contributed by atoms with van der Waals surface area (Å²) >= 11 is 1.07. The van der Waals surface area contributed by atoms with E-state index >= 15 is 0 Å². The Balaban J connectivity index is 1.71. The van der Waals surface area contributed by atoms with Gasteiger partial charge in [-0.2, -0.15) is 0 Å². The second kappa shape index (κ2) is 4.51. The van der Waals surface area contributed by atoms with Gasteiger partial charge in [-0.15, -0.1) is 11.3 Å². The lowest BCUT2D eigenvalue weighted by Crippen LogP contribution is -2.29. The van der Waals surface area contributed by atoms with Gasteiger partial charge in [0.2, 0.25) is 5.91 Å². The van der Waals surface area contributed by atoms with Crippen LogP contribution >= 0.6 is 11.3 Å². The fraction of sp³-hybridized carbons (Fsp3) is 0.143. The van der Waals surface area contributed by atoms with Gasteiger partial charge < -0.3 is 10.4 Å². The van der Waals surface area contributed by atoms with E-state index in [2.05, 4.69) is 5.32 Å². The summed E-state index contributed by atoms with van der Waals surface area (Å²) in [7, 11) is 0. The molecule has 0 bridgehead atoms. The first-order chi connectivity index (χ1) is 9.15. The summed E-state index contributed by atoms with van der Waals surface area (Å²) < 4.78 is 0. The summed E-state index contributed by atoms with van der Waals surface area (Å²) in [5.41, 5.74) is 2.27. The lowest BCUT2D eigenvalue weighted by molar-refractivity contribution is -0.118. The van der Waals surface area contributed by atoms with E-state index < -0.39 is 5.97 Å². The van der Waals surface area contributed by atoms with Crippen molar-refractivity contribution >= 4 is 28.2 Å². The van der Waals surface area contributed by atoms with Gasteiger partial charge in [0.05, 0.1) is 10.9 Å². The van der Waals surface area contributed by atoms with Crippen LogP contribution in [0.5, 0.6) is 0 Å². The van der Waals surface area contributed by atoms with E-state index in [0.29, 0.717) is 5.00 Å². The van der Waals surface area contributed by atoms with Crippen LogP contribution in [0.2, 0.25) is 0 Å². The third kappa shape index (κ3) is 2.13. The van der Waals surface area contributed by atoms with Crippen LogP contribution in [0.3, 0.4) is 0 Å². The molecule has 19 heavy (non-hydrogen) atoms. The number of anilines is 1. The van der Waals surface area contributed by atoms with Crippen LogP contribution in [0.1, 0.15) is 26.7 Å². The molecule has 1 aliphatic carbocycles. The van der Waals surface area contributed by atoms with Crippen molar-refractivity contribution in [3.63, 3.8) is 0 Å². The quantitative estimate of drug-likeness (QED) is 0.903. The highest BCUT2D eigenvalue weighted by Crippen LogP contribution is 2.36. The van der Waals surface area contributed by atoms with Crippen LogP contribution in [0.15, 0.2) is 36.4 Å². The molecule has 1 heterocycles. The van der Waals surface area contributed by atoms with Crippen LogP contribution in [0.4, 0.5) is 5.00 Å². The van der Waals surface area contributed by atoms with Crippen molar-refractivity contribution < 1.29 is 14.7 Å². The number of nitrogens with one attached hydrogen (secondary N) is 1. The molecule has 0 aliphatic heterocycles. The highest BCUT2D eigenvalue weighted by atomic mass is 32.1. The summed E-state index contributed by atoms with van der Waals surface area (Å²) in [6, 6.07) is 11.0. The molecule has 0 fully saturated rings. The number of hydrogen-bond donors (Lipinski definition) is 2. The number of carboxylic acids is 1. The Morgan fingerprint density at radius 1 is 1.21 bits per heavy atom. The maximum Gasteiger partial charge on any atom is 0.345 e. The highest BCUT2D eigenvalue weighted by Gasteiger charge is 2.31. The second-order valence-corrected chi connectivity index (χ2v) is 5.50. The minimum Gasteiger partial charge on any atom is -0.477 e. The average molecular weight is 273 g/mol. The molecule has 2 aromatic rings. The number of carbonyl (C=O) groups excluding carboxylic acids is 1. The van der Waals surface area contributed by atoms with Gasteiger partial charge in [-0.3, -0.25) is 4.79 Å². The maximum atomic E-state index is 12.1. The summed E-state index contributed by atoms with van der Waals surface area (Å²) in [4.78, 5) is 23.1. The molecule has 1 atom stereocenters. The molecular weight excluding hydrogens is 262 g/mol. The predicted molar refractivity (Wildman–Crippen MR) is 72.8 cm³/mol. The standard InChI is InChI=1S/C14H11NO3S/c16-13(10-7-8-3-1-2-4-9(8)10)15-12-6-5-11(19-12)14(17)18/h1-6,10H,7H2,(H,15,16)(H,17,18). The Morgan fingerprint density at radius 3 is 2.68 bits per heavy atom. The Hall–Kier alpha value is -2.14.